The first-order chi connectivity index (χ1) is 7.77. The van der Waals surface area contributed by atoms with Crippen LogP contribution in [0.25, 0.3) is 0 Å². The zero-order valence-corrected chi connectivity index (χ0v) is 8.37. The molecule has 2 rings (SSSR count). The SMILES string of the molecule is O=C1C=NC=CC1C(=O)Oc1ccccc1. The number of benzene rings is 1. The molecule has 1 aliphatic rings. The second-order valence-corrected chi connectivity index (χ2v) is 3.23. The molecule has 0 fully saturated rings. The van der Waals surface area contributed by atoms with Crippen LogP contribution in [0.15, 0.2) is 47.6 Å². The molecule has 1 aromatic rings. The number of nitrogens with zero attached hydrogens (tertiary/aromatic N) is 1. The number of carbonyl (C=O) groups excluding carboxylic acids is 2. The van der Waals surface area contributed by atoms with Crippen molar-refractivity contribution in [1.82, 2.24) is 0 Å². The van der Waals surface area contributed by atoms with Crippen LogP contribution in [0, 0.1) is 5.92 Å². The lowest BCUT2D eigenvalue weighted by Gasteiger charge is -2.10. The summed E-state index contributed by atoms with van der Waals surface area (Å²) in [4.78, 5) is 26.6. The number of Topliss-reactive ketones (excluding diaryl/α,β-unsaturated/α-hetero) is 1. The highest BCUT2D eigenvalue weighted by atomic mass is 16.5. The third-order valence-corrected chi connectivity index (χ3v) is 2.09. The summed E-state index contributed by atoms with van der Waals surface area (Å²) < 4.78 is 5.05. The summed E-state index contributed by atoms with van der Waals surface area (Å²) >= 11 is 0. The van der Waals surface area contributed by atoms with Crippen molar-refractivity contribution in [3.05, 3.63) is 42.6 Å². The molecule has 0 aliphatic carbocycles. The Morgan fingerprint density at radius 1 is 1.25 bits per heavy atom. The van der Waals surface area contributed by atoms with E-state index in [1.807, 2.05) is 6.07 Å². The summed E-state index contributed by atoms with van der Waals surface area (Å²) in [5.41, 5.74) is 0. The highest BCUT2D eigenvalue weighted by molar-refractivity contribution is 6.34. The van der Waals surface area contributed by atoms with Gasteiger partial charge in [0.2, 0.25) is 0 Å². The Bertz CT molecular complexity index is 462. The van der Waals surface area contributed by atoms with Crippen LogP contribution in [0.1, 0.15) is 0 Å². The average Bonchev–Trinajstić information content (AvgIpc) is 2.31. The quantitative estimate of drug-likeness (QED) is 0.425. The van der Waals surface area contributed by atoms with Gasteiger partial charge in [0.25, 0.3) is 0 Å². The molecular weight excluding hydrogens is 206 g/mol. The van der Waals surface area contributed by atoms with Crippen LogP contribution in [0.4, 0.5) is 0 Å². The van der Waals surface area contributed by atoms with Crippen molar-refractivity contribution in [3.63, 3.8) is 0 Å². The van der Waals surface area contributed by atoms with Crippen molar-refractivity contribution in [1.29, 1.82) is 0 Å². The standard InChI is InChI=1S/C12H9NO3/c14-11-8-13-7-6-10(11)12(15)16-9-4-2-1-3-5-9/h1-8,10H. The molecule has 1 aromatic carbocycles. The summed E-state index contributed by atoms with van der Waals surface area (Å²) in [6.07, 6.45) is 3.96. The molecule has 4 heteroatoms. The van der Waals surface area contributed by atoms with Crippen LogP contribution in [-0.2, 0) is 9.59 Å². The molecule has 16 heavy (non-hydrogen) atoms. The van der Waals surface area contributed by atoms with Gasteiger partial charge in [-0.15, -0.1) is 0 Å². The van der Waals surface area contributed by atoms with E-state index >= 15 is 0 Å². The van der Waals surface area contributed by atoms with Gasteiger partial charge in [-0.05, 0) is 18.2 Å². The van der Waals surface area contributed by atoms with Crippen LogP contribution in [0.5, 0.6) is 5.75 Å². The van der Waals surface area contributed by atoms with Gasteiger partial charge in [-0.25, -0.2) is 0 Å². The number of hydrogen-bond donors (Lipinski definition) is 0. The number of para-hydroxylation sites is 1. The maximum absolute atomic E-state index is 11.6. The molecule has 0 saturated heterocycles. The molecule has 1 aliphatic heterocycles. The first kappa shape index (κ1) is 10.3. The number of carbonyl (C=O) groups is 2. The molecule has 0 amide bonds. The van der Waals surface area contributed by atoms with Gasteiger partial charge < -0.3 is 4.74 Å². The van der Waals surface area contributed by atoms with Gasteiger partial charge in [0.15, 0.2) is 5.78 Å². The van der Waals surface area contributed by atoms with Gasteiger partial charge >= 0.3 is 5.97 Å². The zero-order chi connectivity index (χ0) is 11.4. The van der Waals surface area contributed by atoms with E-state index in [9.17, 15) is 9.59 Å². The largest absolute Gasteiger partial charge is 0.426 e. The van der Waals surface area contributed by atoms with Crippen molar-refractivity contribution in [3.8, 4) is 5.75 Å². The lowest BCUT2D eigenvalue weighted by atomic mass is 10.0. The van der Waals surface area contributed by atoms with E-state index < -0.39 is 11.9 Å². The van der Waals surface area contributed by atoms with Gasteiger partial charge in [0.1, 0.15) is 11.7 Å². The van der Waals surface area contributed by atoms with Gasteiger partial charge in [-0.2, -0.15) is 0 Å². The van der Waals surface area contributed by atoms with E-state index in [1.165, 1.54) is 12.3 Å². The number of hydrogen-bond acceptors (Lipinski definition) is 4. The minimum absolute atomic E-state index is 0.358. The lowest BCUT2D eigenvalue weighted by Crippen LogP contribution is -2.28. The molecule has 80 valence electrons. The van der Waals surface area contributed by atoms with Crippen molar-refractivity contribution in [2.45, 2.75) is 0 Å². The number of esters is 1. The fraction of sp³-hybridized carbons (Fsp3) is 0.0833. The van der Waals surface area contributed by atoms with Gasteiger partial charge in [-0.1, -0.05) is 18.2 Å². The molecule has 1 unspecified atom stereocenters. The Morgan fingerprint density at radius 3 is 2.69 bits per heavy atom. The Balaban J connectivity index is 2.07. The lowest BCUT2D eigenvalue weighted by molar-refractivity contribution is -0.140. The van der Waals surface area contributed by atoms with Crippen molar-refractivity contribution in [2.24, 2.45) is 10.9 Å². The highest BCUT2D eigenvalue weighted by Crippen LogP contribution is 2.13. The van der Waals surface area contributed by atoms with E-state index in [0.29, 0.717) is 5.75 Å². The van der Waals surface area contributed by atoms with E-state index in [1.54, 1.807) is 24.3 Å². The maximum atomic E-state index is 11.6. The summed E-state index contributed by atoms with van der Waals surface area (Å²) in [7, 11) is 0. The Labute approximate surface area is 92.3 Å². The predicted molar refractivity (Wildman–Crippen MR) is 58.2 cm³/mol. The summed E-state index contributed by atoms with van der Waals surface area (Å²) in [6.45, 7) is 0. The second-order valence-electron chi connectivity index (χ2n) is 3.23. The maximum Gasteiger partial charge on any atom is 0.326 e. The van der Waals surface area contributed by atoms with Gasteiger partial charge in [-0.3, -0.25) is 14.6 Å². The zero-order valence-electron chi connectivity index (χ0n) is 8.37. The van der Waals surface area contributed by atoms with Crippen LogP contribution in [0.2, 0.25) is 0 Å². The Morgan fingerprint density at radius 2 is 2.00 bits per heavy atom. The van der Waals surface area contributed by atoms with E-state index in [4.69, 9.17) is 4.74 Å². The van der Waals surface area contributed by atoms with Crippen molar-refractivity contribution >= 4 is 18.0 Å². The van der Waals surface area contributed by atoms with E-state index in [2.05, 4.69) is 4.99 Å². The first-order valence-electron chi connectivity index (χ1n) is 4.78. The molecule has 0 radical (unpaired) electrons. The molecule has 0 spiro atoms. The first-order valence-corrected chi connectivity index (χ1v) is 4.78. The fourth-order valence-corrected chi connectivity index (χ4v) is 1.29. The minimum atomic E-state index is -0.877. The number of aliphatic imine (C=N–C) groups is 1. The summed E-state index contributed by atoms with van der Waals surface area (Å²) in [6, 6.07) is 8.63. The third-order valence-electron chi connectivity index (χ3n) is 2.09. The van der Waals surface area contributed by atoms with Gasteiger partial charge in [0.05, 0.1) is 6.21 Å². The van der Waals surface area contributed by atoms with Crippen LogP contribution < -0.4 is 4.74 Å². The minimum Gasteiger partial charge on any atom is -0.426 e. The molecule has 0 bridgehead atoms. The average molecular weight is 215 g/mol. The molecule has 4 nitrogen and oxygen atoms in total. The fourth-order valence-electron chi connectivity index (χ4n) is 1.29. The number of rotatable bonds is 2. The highest BCUT2D eigenvalue weighted by Gasteiger charge is 2.26. The second kappa shape index (κ2) is 4.53. The van der Waals surface area contributed by atoms with E-state index in [-0.39, 0.29) is 5.78 Å². The van der Waals surface area contributed by atoms with E-state index in [0.717, 1.165) is 6.21 Å². The van der Waals surface area contributed by atoms with Crippen molar-refractivity contribution < 1.29 is 14.3 Å². The molecular formula is C12H9NO3. The molecule has 1 atom stereocenters. The number of ketones is 1. The molecule has 1 heterocycles. The normalized spacial score (nSPS) is 18.5. The van der Waals surface area contributed by atoms with Crippen LogP contribution >= 0.6 is 0 Å². The molecule has 0 aromatic heterocycles. The smallest absolute Gasteiger partial charge is 0.326 e. The Hall–Kier alpha value is -2.23. The van der Waals surface area contributed by atoms with Gasteiger partial charge in [0, 0.05) is 6.20 Å². The number of ether oxygens (including phenoxy) is 1. The molecule has 0 N–H and O–H groups in total. The predicted octanol–water partition coefficient (Wildman–Crippen LogP) is 1.38. The van der Waals surface area contributed by atoms with Crippen molar-refractivity contribution in [2.75, 3.05) is 0 Å². The van der Waals surface area contributed by atoms with Crippen LogP contribution in [0.3, 0.4) is 0 Å². The topological polar surface area (TPSA) is 55.7 Å². The Kier molecular flexibility index (Phi) is 2.91. The molecule has 0 saturated carbocycles. The summed E-state index contributed by atoms with van der Waals surface area (Å²) in [5, 5.41) is 0. The monoisotopic (exact) mass is 215 g/mol. The third kappa shape index (κ3) is 2.23. The summed E-state index contributed by atoms with van der Waals surface area (Å²) in [5.74, 6) is -1.39. The van der Waals surface area contributed by atoms with Crippen LogP contribution in [-0.4, -0.2) is 18.0 Å².